The molecule has 0 bridgehead atoms. The lowest BCUT2D eigenvalue weighted by molar-refractivity contribution is 0.0525. The van der Waals surface area contributed by atoms with E-state index in [1.165, 1.54) is 0 Å². The number of H-pyrrole nitrogens is 1. The monoisotopic (exact) mass is 436 g/mol. The van der Waals surface area contributed by atoms with Crippen LogP contribution in [0.1, 0.15) is 83.5 Å². The molecule has 0 radical (unpaired) electrons. The number of nitrogens with zero attached hydrogens (tertiary/aromatic N) is 3. The van der Waals surface area contributed by atoms with Gasteiger partial charge in [0.25, 0.3) is 5.91 Å². The van der Waals surface area contributed by atoms with Crippen LogP contribution in [-0.2, 0) is 4.74 Å². The zero-order chi connectivity index (χ0) is 23.0. The third-order valence-corrected chi connectivity index (χ3v) is 6.34. The molecule has 1 aliphatic rings. The van der Waals surface area contributed by atoms with Crippen LogP contribution >= 0.6 is 0 Å². The van der Waals surface area contributed by atoms with Crippen LogP contribution in [0.25, 0.3) is 11.0 Å². The van der Waals surface area contributed by atoms with E-state index in [2.05, 4.69) is 29.5 Å². The number of para-hydroxylation sites is 2. The van der Waals surface area contributed by atoms with Gasteiger partial charge >= 0.3 is 5.97 Å². The Kier molecular flexibility index (Phi) is 6.09. The SMILES string of the molecule is CCOC(=O)c1c(C)[nH]c(C(=O)N2CCCC(c3nc4ccccc4n3C(C)C)C2)c1C. The standard InChI is InChI=1S/C25H32N4O3/c1-6-32-25(31)21-16(4)22(26-17(21)5)24(30)28-13-9-10-18(14-28)23-27-19-11-7-8-12-20(19)29(23)15(2)3/h7-8,11-12,15,18,26H,6,9-10,13-14H2,1-5H3. The Hall–Kier alpha value is -3.09. The van der Waals surface area contributed by atoms with Gasteiger partial charge in [0.05, 0.1) is 23.2 Å². The molecule has 0 aliphatic carbocycles. The van der Waals surface area contributed by atoms with E-state index < -0.39 is 0 Å². The smallest absolute Gasteiger partial charge is 0.340 e. The van der Waals surface area contributed by atoms with Crippen molar-refractivity contribution in [3.05, 3.63) is 52.6 Å². The number of imidazole rings is 1. The number of benzene rings is 1. The number of amides is 1. The molecule has 1 aliphatic heterocycles. The molecule has 3 aromatic rings. The lowest BCUT2D eigenvalue weighted by atomic mass is 9.96. The molecule has 7 nitrogen and oxygen atoms in total. The topological polar surface area (TPSA) is 80.2 Å². The van der Waals surface area contributed by atoms with Crippen LogP contribution in [0.4, 0.5) is 0 Å². The van der Waals surface area contributed by atoms with E-state index in [0.29, 0.717) is 42.2 Å². The van der Waals surface area contributed by atoms with Gasteiger partial charge in [-0.3, -0.25) is 4.79 Å². The Bertz CT molecular complexity index is 1160. The van der Waals surface area contributed by atoms with Crippen LogP contribution < -0.4 is 0 Å². The fourth-order valence-electron chi connectivity index (χ4n) is 4.90. The second kappa shape index (κ2) is 8.81. The summed E-state index contributed by atoms with van der Waals surface area (Å²) in [6.45, 7) is 11.3. The van der Waals surface area contributed by atoms with E-state index in [1.54, 1.807) is 13.8 Å². The predicted octanol–water partition coefficient (Wildman–Crippen LogP) is 4.76. The fourth-order valence-corrected chi connectivity index (χ4v) is 4.90. The second-order valence-corrected chi connectivity index (χ2v) is 8.86. The van der Waals surface area contributed by atoms with Gasteiger partial charge in [-0.15, -0.1) is 0 Å². The first-order valence-electron chi connectivity index (χ1n) is 11.5. The average Bonchev–Trinajstić information content (AvgIpc) is 3.31. The van der Waals surface area contributed by atoms with Crippen molar-refractivity contribution >= 4 is 22.9 Å². The highest BCUT2D eigenvalue weighted by molar-refractivity contribution is 6.00. The first-order chi connectivity index (χ1) is 15.3. The Morgan fingerprint density at radius 1 is 1.25 bits per heavy atom. The van der Waals surface area contributed by atoms with Crippen molar-refractivity contribution in [2.45, 2.75) is 59.4 Å². The number of likely N-dealkylation sites (tertiary alicyclic amines) is 1. The van der Waals surface area contributed by atoms with Crippen LogP contribution in [-0.4, -0.2) is 51.0 Å². The number of ether oxygens (including phenoxy) is 1. The van der Waals surface area contributed by atoms with Crippen LogP contribution in [0.2, 0.25) is 0 Å². The first-order valence-corrected chi connectivity index (χ1v) is 11.5. The third-order valence-electron chi connectivity index (χ3n) is 6.34. The minimum Gasteiger partial charge on any atom is -0.462 e. The molecule has 1 unspecified atom stereocenters. The number of piperidine rings is 1. The molecule has 1 fully saturated rings. The van der Waals surface area contributed by atoms with E-state index in [9.17, 15) is 9.59 Å². The van der Waals surface area contributed by atoms with Crippen LogP contribution in [0, 0.1) is 13.8 Å². The molecule has 1 amide bonds. The van der Waals surface area contributed by atoms with E-state index in [0.717, 1.165) is 29.7 Å². The van der Waals surface area contributed by atoms with Crippen molar-refractivity contribution in [2.24, 2.45) is 0 Å². The van der Waals surface area contributed by atoms with Crippen molar-refractivity contribution < 1.29 is 14.3 Å². The van der Waals surface area contributed by atoms with Crippen molar-refractivity contribution in [2.75, 3.05) is 19.7 Å². The van der Waals surface area contributed by atoms with Gasteiger partial charge in [-0.25, -0.2) is 9.78 Å². The minimum atomic E-state index is -0.389. The van der Waals surface area contributed by atoms with Gasteiger partial charge in [0.1, 0.15) is 11.5 Å². The van der Waals surface area contributed by atoms with Crippen LogP contribution in [0.3, 0.4) is 0 Å². The highest BCUT2D eigenvalue weighted by atomic mass is 16.5. The number of hydrogen-bond acceptors (Lipinski definition) is 4. The van der Waals surface area contributed by atoms with E-state index in [1.807, 2.05) is 30.0 Å². The molecule has 7 heteroatoms. The van der Waals surface area contributed by atoms with Gasteiger partial charge in [0.2, 0.25) is 0 Å². The summed E-state index contributed by atoms with van der Waals surface area (Å²) in [5, 5.41) is 0. The average molecular weight is 437 g/mol. The maximum Gasteiger partial charge on any atom is 0.340 e. The highest BCUT2D eigenvalue weighted by Crippen LogP contribution is 2.32. The van der Waals surface area contributed by atoms with Crippen molar-refractivity contribution in [3.8, 4) is 0 Å². The number of nitrogens with one attached hydrogen (secondary N) is 1. The summed E-state index contributed by atoms with van der Waals surface area (Å²) in [5.74, 6) is 0.756. The molecular weight excluding hydrogens is 404 g/mol. The van der Waals surface area contributed by atoms with E-state index >= 15 is 0 Å². The lowest BCUT2D eigenvalue weighted by Crippen LogP contribution is -2.40. The molecule has 0 spiro atoms. The number of esters is 1. The number of aryl methyl sites for hydroxylation is 1. The quantitative estimate of drug-likeness (QED) is 0.585. The largest absolute Gasteiger partial charge is 0.462 e. The zero-order valence-electron chi connectivity index (χ0n) is 19.6. The predicted molar refractivity (Wildman–Crippen MR) is 124 cm³/mol. The number of aromatic amines is 1. The molecule has 32 heavy (non-hydrogen) atoms. The number of hydrogen-bond donors (Lipinski definition) is 1. The molecule has 2 aromatic heterocycles. The summed E-state index contributed by atoms with van der Waals surface area (Å²) in [4.78, 5) is 35.8. The molecule has 1 aromatic carbocycles. The normalized spacial score (nSPS) is 16.7. The Labute approximate surface area is 188 Å². The Morgan fingerprint density at radius 3 is 2.72 bits per heavy atom. The molecular formula is C25H32N4O3. The number of rotatable bonds is 5. The van der Waals surface area contributed by atoms with Crippen molar-refractivity contribution in [1.29, 1.82) is 0 Å². The molecule has 0 saturated carbocycles. The van der Waals surface area contributed by atoms with Crippen LogP contribution in [0.5, 0.6) is 0 Å². The summed E-state index contributed by atoms with van der Waals surface area (Å²) in [6, 6.07) is 8.49. The van der Waals surface area contributed by atoms with Gasteiger partial charge in [-0.1, -0.05) is 12.1 Å². The fraction of sp³-hybridized carbons (Fsp3) is 0.480. The zero-order valence-corrected chi connectivity index (χ0v) is 19.6. The van der Waals surface area contributed by atoms with Gasteiger partial charge in [0.15, 0.2) is 0 Å². The Morgan fingerprint density at radius 2 is 2.00 bits per heavy atom. The maximum absolute atomic E-state index is 13.4. The van der Waals surface area contributed by atoms with Crippen LogP contribution in [0.15, 0.2) is 24.3 Å². The molecule has 170 valence electrons. The van der Waals surface area contributed by atoms with E-state index in [-0.39, 0.29) is 23.8 Å². The Balaban J connectivity index is 1.63. The molecule has 1 N–H and O–H groups in total. The van der Waals surface area contributed by atoms with Crippen molar-refractivity contribution in [3.63, 3.8) is 0 Å². The second-order valence-electron chi connectivity index (χ2n) is 8.86. The summed E-state index contributed by atoms with van der Waals surface area (Å²) in [6.07, 6.45) is 1.91. The number of carbonyl (C=O) groups is 2. The van der Waals surface area contributed by atoms with Gasteiger partial charge in [-0.2, -0.15) is 0 Å². The number of carbonyl (C=O) groups excluding carboxylic acids is 2. The molecule has 1 atom stereocenters. The summed E-state index contributed by atoms with van der Waals surface area (Å²) < 4.78 is 7.48. The summed E-state index contributed by atoms with van der Waals surface area (Å²) in [5.41, 5.74) is 4.39. The molecule has 4 rings (SSSR count). The van der Waals surface area contributed by atoms with E-state index in [4.69, 9.17) is 9.72 Å². The van der Waals surface area contributed by atoms with Gasteiger partial charge in [0, 0.05) is 30.7 Å². The lowest BCUT2D eigenvalue weighted by Gasteiger charge is -2.33. The summed E-state index contributed by atoms with van der Waals surface area (Å²) in [7, 11) is 0. The third kappa shape index (κ3) is 3.80. The highest BCUT2D eigenvalue weighted by Gasteiger charge is 2.32. The van der Waals surface area contributed by atoms with Crippen molar-refractivity contribution in [1.82, 2.24) is 19.4 Å². The number of aromatic nitrogens is 3. The molecule has 1 saturated heterocycles. The minimum absolute atomic E-state index is 0.0712. The first kappa shape index (κ1) is 22.1. The molecule has 3 heterocycles. The van der Waals surface area contributed by atoms with Gasteiger partial charge < -0.3 is 19.2 Å². The maximum atomic E-state index is 13.4. The number of fused-ring (bicyclic) bond motifs is 1. The summed E-state index contributed by atoms with van der Waals surface area (Å²) >= 11 is 0. The van der Waals surface area contributed by atoms with Gasteiger partial charge in [-0.05, 0) is 65.2 Å².